The molecule has 1 heterocycles. The van der Waals surface area contributed by atoms with Gasteiger partial charge in [-0.05, 0) is 31.9 Å². The van der Waals surface area contributed by atoms with Gasteiger partial charge in [0.05, 0.1) is 5.56 Å². The number of pyridine rings is 1. The monoisotopic (exact) mass is 248 g/mol. The van der Waals surface area contributed by atoms with E-state index in [1.165, 1.54) is 0 Å². The summed E-state index contributed by atoms with van der Waals surface area (Å²) in [7, 11) is 0. The lowest BCUT2D eigenvalue weighted by Gasteiger charge is -2.30. The number of amides is 1. The standard InChI is InChI=1S/C14H20N2O2/c1-10-6-7-11(8-15-10)14(18)16-13-5-3-2-4-12(13)9-17/h6-8,12-13,17H,2-5,9H2,1H3,(H,16,18). The third-order valence-corrected chi connectivity index (χ3v) is 3.63. The first kappa shape index (κ1) is 13.0. The van der Waals surface area contributed by atoms with E-state index >= 15 is 0 Å². The topological polar surface area (TPSA) is 62.2 Å². The van der Waals surface area contributed by atoms with Crippen LogP contribution >= 0.6 is 0 Å². The van der Waals surface area contributed by atoms with Crippen LogP contribution in [0.25, 0.3) is 0 Å². The van der Waals surface area contributed by atoms with Crippen LogP contribution in [0.3, 0.4) is 0 Å². The highest BCUT2D eigenvalue weighted by Crippen LogP contribution is 2.24. The second kappa shape index (κ2) is 5.96. The summed E-state index contributed by atoms with van der Waals surface area (Å²) < 4.78 is 0. The first-order valence-corrected chi connectivity index (χ1v) is 6.55. The van der Waals surface area contributed by atoms with Crippen molar-refractivity contribution < 1.29 is 9.90 Å². The fraction of sp³-hybridized carbons (Fsp3) is 0.571. The molecule has 4 heteroatoms. The van der Waals surface area contributed by atoms with Crippen LogP contribution < -0.4 is 5.32 Å². The van der Waals surface area contributed by atoms with E-state index in [0.29, 0.717) is 5.56 Å². The Morgan fingerprint density at radius 2 is 2.22 bits per heavy atom. The van der Waals surface area contributed by atoms with Crippen molar-refractivity contribution in [3.63, 3.8) is 0 Å². The van der Waals surface area contributed by atoms with Gasteiger partial charge in [0.15, 0.2) is 0 Å². The number of aliphatic hydroxyl groups is 1. The van der Waals surface area contributed by atoms with E-state index in [4.69, 9.17) is 0 Å². The van der Waals surface area contributed by atoms with Gasteiger partial charge in [0.2, 0.25) is 0 Å². The lowest BCUT2D eigenvalue weighted by molar-refractivity contribution is 0.0872. The molecule has 0 saturated heterocycles. The zero-order chi connectivity index (χ0) is 13.0. The van der Waals surface area contributed by atoms with Crippen molar-refractivity contribution in [3.8, 4) is 0 Å². The Balaban J connectivity index is 1.99. The molecule has 1 aromatic heterocycles. The molecule has 18 heavy (non-hydrogen) atoms. The average Bonchev–Trinajstić information content (AvgIpc) is 2.40. The van der Waals surface area contributed by atoms with Crippen LogP contribution in [0.2, 0.25) is 0 Å². The number of hydrogen-bond acceptors (Lipinski definition) is 3. The zero-order valence-corrected chi connectivity index (χ0v) is 10.7. The molecule has 2 atom stereocenters. The fourth-order valence-corrected chi connectivity index (χ4v) is 2.47. The molecular formula is C14H20N2O2. The van der Waals surface area contributed by atoms with Gasteiger partial charge in [0.25, 0.3) is 5.91 Å². The molecule has 2 N–H and O–H groups in total. The third kappa shape index (κ3) is 3.07. The lowest BCUT2D eigenvalue weighted by atomic mass is 9.85. The number of aromatic nitrogens is 1. The second-order valence-electron chi connectivity index (χ2n) is 5.00. The Bertz CT molecular complexity index is 403. The maximum absolute atomic E-state index is 12.1. The Kier molecular flexibility index (Phi) is 4.31. The number of carbonyl (C=O) groups excluding carboxylic acids is 1. The van der Waals surface area contributed by atoms with Crippen LogP contribution in [-0.4, -0.2) is 28.6 Å². The van der Waals surface area contributed by atoms with Gasteiger partial charge >= 0.3 is 0 Å². The highest BCUT2D eigenvalue weighted by Gasteiger charge is 2.26. The van der Waals surface area contributed by atoms with E-state index in [-0.39, 0.29) is 24.5 Å². The first-order valence-electron chi connectivity index (χ1n) is 6.55. The SMILES string of the molecule is Cc1ccc(C(=O)NC2CCCCC2CO)cn1. The average molecular weight is 248 g/mol. The van der Waals surface area contributed by atoms with Gasteiger partial charge < -0.3 is 10.4 Å². The van der Waals surface area contributed by atoms with Crippen LogP contribution in [-0.2, 0) is 0 Å². The molecule has 0 aliphatic heterocycles. The summed E-state index contributed by atoms with van der Waals surface area (Å²) in [6.07, 6.45) is 5.81. The number of carbonyl (C=O) groups is 1. The maximum atomic E-state index is 12.1. The predicted molar refractivity (Wildman–Crippen MR) is 69.3 cm³/mol. The van der Waals surface area contributed by atoms with E-state index in [0.717, 1.165) is 31.4 Å². The van der Waals surface area contributed by atoms with Gasteiger partial charge in [-0.25, -0.2) is 0 Å². The van der Waals surface area contributed by atoms with Crippen molar-refractivity contribution in [1.29, 1.82) is 0 Å². The minimum absolute atomic E-state index is 0.0900. The van der Waals surface area contributed by atoms with Crippen molar-refractivity contribution in [1.82, 2.24) is 10.3 Å². The molecule has 1 aliphatic carbocycles. The highest BCUT2D eigenvalue weighted by atomic mass is 16.3. The third-order valence-electron chi connectivity index (χ3n) is 3.63. The Hall–Kier alpha value is -1.42. The molecule has 0 spiro atoms. The summed E-state index contributed by atoms with van der Waals surface area (Å²) in [6.45, 7) is 2.04. The van der Waals surface area contributed by atoms with Gasteiger partial charge in [-0.2, -0.15) is 0 Å². The van der Waals surface area contributed by atoms with Gasteiger partial charge in [0.1, 0.15) is 0 Å². The van der Waals surface area contributed by atoms with Crippen LogP contribution in [0.15, 0.2) is 18.3 Å². The van der Waals surface area contributed by atoms with Crippen LogP contribution in [0.5, 0.6) is 0 Å². The number of nitrogens with zero attached hydrogens (tertiary/aromatic N) is 1. The van der Waals surface area contributed by atoms with Gasteiger partial charge in [0, 0.05) is 30.5 Å². The molecule has 1 aromatic rings. The van der Waals surface area contributed by atoms with E-state index in [9.17, 15) is 9.90 Å². The van der Waals surface area contributed by atoms with Crippen molar-refractivity contribution >= 4 is 5.91 Å². The molecule has 1 amide bonds. The predicted octanol–water partition coefficient (Wildman–Crippen LogP) is 1.67. The summed E-state index contributed by atoms with van der Waals surface area (Å²) >= 11 is 0. The van der Waals surface area contributed by atoms with E-state index in [1.807, 2.05) is 13.0 Å². The van der Waals surface area contributed by atoms with E-state index in [1.54, 1.807) is 12.3 Å². The lowest BCUT2D eigenvalue weighted by Crippen LogP contribution is -2.43. The molecule has 2 rings (SSSR count). The highest BCUT2D eigenvalue weighted by molar-refractivity contribution is 5.94. The van der Waals surface area contributed by atoms with E-state index < -0.39 is 0 Å². The van der Waals surface area contributed by atoms with Crippen LogP contribution in [0, 0.1) is 12.8 Å². The van der Waals surface area contributed by atoms with Gasteiger partial charge in [-0.3, -0.25) is 9.78 Å². The number of aryl methyl sites for hydroxylation is 1. The van der Waals surface area contributed by atoms with Crippen molar-refractivity contribution in [2.45, 2.75) is 38.6 Å². The second-order valence-corrected chi connectivity index (χ2v) is 5.00. The van der Waals surface area contributed by atoms with Crippen molar-refractivity contribution in [3.05, 3.63) is 29.6 Å². The molecule has 0 bridgehead atoms. The smallest absolute Gasteiger partial charge is 0.253 e. The minimum atomic E-state index is -0.0900. The Morgan fingerprint density at radius 3 is 2.89 bits per heavy atom. The largest absolute Gasteiger partial charge is 0.396 e. The molecule has 1 aliphatic rings. The summed E-state index contributed by atoms with van der Waals surface area (Å²) in [5.41, 5.74) is 1.49. The Labute approximate surface area is 107 Å². The molecule has 98 valence electrons. The molecule has 2 unspecified atom stereocenters. The molecule has 4 nitrogen and oxygen atoms in total. The van der Waals surface area contributed by atoms with Crippen LogP contribution in [0.1, 0.15) is 41.7 Å². The molecule has 0 radical (unpaired) electrons. The fourth-order valence-electron chi connectivity index (χ4n) is 2.47. The van der Waals surface area contributed by atoms with E-state index in [2.05, 4.69) is 10.3 Å². The molecule has 1 fully saturated rings. The van der Waals surface area contributed by atoms with Crippen LogP contribution in [0.4, 0.5) is 0 Å². The summed E-state index contributed by atoms with van der Waals surface area (Å²) in [5, 5.41) is 12.3. The molecule has 1 saturated carbocycles. The van der Waals surface area contributed by atoms with Gasteiger partial charge in [-0.1, -0.05) is 12.8 Å². The normalized spacial score (nSPS) is 23.7. The summed E-state index contributed by atoms with van der Waals surface area (Å²) in [4.78, 5) is 16.2. The van der Waals surface area contributed by atoms with Crippen molar-refractivity contribution in [2.75, 3.05) is 6.61 Å². The Morgan fingerprint density at radius 1 is 1.44 bits per heavy atom. The summed E-state index contributed by atoms with van der Waals surface area (Å²) in [6, 6.07) is 3.71. The molecular weight excluding hydrogens is 228 g/mol. The number of hydrogen-bond donors (Lipinski definition) is 2. The van der Waals surface area contributed by atoms with Gasteiger partial charge in [-0.15, -0.1) is 0 Å². The first-order chi connectivity index (χ1) is 8.70. The summed E-state index contributed by atoms with van der Waals surface area (Å²) in [5.74, 6) is 0.106. The minimum Gasteiger partial charge on any atom is -0.396 e. The maximum Gasteiger partial charge on any atom is 0.253 e. The number of aliphatic hydroxyl groups excluding tert-OH is 1. The quantitative estimate of drug-likeness (QED) is 0.855. The number of rotatable bonds is 3. The molecule has 0 aromatic carbocycles. The van der Waals surface area contributed by atoms with Crippen molar-refractivity contribution in [2.24, 2.45) is 5.92 Å². The zero-order valence-electron chi connectivity index (χ0n) is 10.7. The number of nitrogens with one attached hydrogen (secondary N) is 1.